The normalized spacial score (nSPS) is 14.9. The lowest BCUT2D eigenvalue weighted by molar-refractivity contribution is -0.384. The fourth-order valence-electron chi connectivity index (χ4n) is 2.04. The third-order valence-electron chi connectivity index (χ3n) is 3.41. The van der Waals surface area contributed by atoms with Gasteiger partial charge in [-0.1, -0.05) is 12.8 Å². The monoisotopic (exact) mass is 314 g/mol. The quantitative estimate of drug-likeness (QED) is 0.287. The zero-order chi connectivity index (χ0) is 15.5. The van der Waals surface area contributed by atoms with E-state index in [0.717, 1.165) is 30.9 Å². The van der Waals surface area contributed by atoms with Crippen LogP contribution in [-0.2, 0) is 10.0 Å². The van der Waals surface area contributed by atoms with E-state index in [1.54, 1.807) is 0 Å². The zero-order valence-corrected chi connectivity index (χ0v) is 12.2. The first kappa shape index (κ1) is 15.7. The molecule has 0 radical (unpaired) electrons. The Morgan fingerprint density at radius 2 is 2.10 bits per heavy atom. The minimum Gasteiger partial charge on any atom is -0.318 e. The summed E-state index contributed by atoms with van der Waals surface area (Å²) >= 11 is 0. The number of nitrogens with one attached hydrogen (secondary N) is 2. The summed E-state index contributed by atoms with van der Waals surface area (Å²) in [7, 11) is -3.68. The molecule has 4 N–H and O–H groups in total. The highest BCUT2D eigenvalue weighted by Gasteiger charge is 2.22. The van der Waals surface area contributed by atoms with Crippen LogP contribution in [0.3, 0.4) is 0 Å². The Labute approximate surface area is 122 Å². The number of nitro benzene ring substituents is 1. The van der Waals surface area contributed by atoms with E-state index in [2.05, 4.69) is 10.1 Å². The molecule has 0 spiro atoms. The molecule has 1 saturated carbocycles. The van der Waals surface area contributed by atoms with Gasteiger partial charge in [0, 0.05) is 12.6 Å². The van der Waals surface area contributed by atoms with E-state index in [-0.39, 0.29) is 16.3 Å². The maximum absolute atomic E-state index is 12.1. The molecule has 1 fully saturated rings. The topological polar surface area (TPSA) is 127 Å². The van der Waals surface area contributed by atoms with Crippen molar-refractivity contribution in [2.45, 2.75) is 30.6 Å². The number of nitrogens with two attached hydrogens (primary N) is 1. The van der Waals surface area contributed by atoms with Gasteiger partial charge in [0.05, 0.1) is 9.82 Å². The highest BCUT2D eigenvalue weighted by Crippen LogP contribution is 2.33. The molecule has 0 bridgehead atoms. The Hall–Kier alpha value is -1.71. The van der Waals surface area contributed by atoms with Crippen LogP contribution in [0.5, 0.6) is 0 Å². The number of sulfonamides is 1. The van der Waals surface area contributed by atoms with Crippen LogP contribution in [0.25, 0.3) is 0 Å². The van der Waals surface area contributed by atoms with Crippen LogP contribution in [-0.4, -0.2) is 19.9 Å². The van der Waals surface area contributed by atoms with Crippen molar-refractivity contribution in [1.82, 2.24) is 4.72 Å². The number of rotatable bonds is 8. The molecule has 0 heterocycles. The van der Waals surface area contributed by atoms with Crippen molar-refractivity contribution in [1.29, 1.82) is 0 Å². The summed E-state index contributed by atoms with van der Waals surface area (Å²) in [5, 5.41) is 10.8. The third-order valence-corrected chi connectivity index (χ3v) is 4.87. The molecule has 2 rings (SSSR count). The molecular weight excluding hydrogens is 296 g/mol. The van der Waals surface area contributed by atoms with Crippen LogP contribution in [0, 0.1) is 16.0 Å². The highest BCUT2D eigenvalue weighted by molar-refractivity contribution is 7.89. The summed E-state index contributed by atoms with van der Waals surface area (Å²) < 4.78 is 26.7. The van der Waals surface area contributed by atoms with E-state index < -0.39 is 14.9 Å². The molecule has 0 saturated heterocycles. The molecule has 9 heteroatoms. The second kappa shape index (κ2) is 6.37. The molecule has 116 valence electrons. The second-order valence-electron chi connectivity index (χ2n) is 5.06. The van der Waals surface area contributed by atoms with E-state index in [1.165, 1.54) is 18.9 Å². The zero-order valence-electron chi connectivity index (χ0n) is 11.4. The summed E-state index contributed by atoms with van der Waals surface area (Å²) in [4.78, 5) is 10.1. The third kappa shape index (κ3) is 4.13. The molecule has 1 aromatic rings. The predicted octanol–water partition coefficient (Wildman–Crippen LogP) is 1.35. The van der Waals surface area contributed by atoms with Gasteiger partial charge in [0.15, 0.2) is 0 Å². The summed E-state index contributed by atoms with van der Waals surface area (Å²) in [6.07, 6.45) is 4.29. The Bertz CT molecular complexity index is 628. The second-order valence-corrected chi connectivity index (χ2v) is 6.83. The Morgan fingerprint density at radius 3 is 2.67 bits per heavy atom. The minimum absolute atomic E-state index is 0.0409. The molecule has 8 nitrogen and oxygen atoms in total. The van der Waals surface area contributed by atoms with Gasteiger partial charge in [0.25, 0.3) is 5.69 Å². The molecule has 0 unspecified atom stereocenters. The standard InChI is InChI=1S/C12H18N4O4S/c13-15-11-8-10(5-6-12(11)16(17)18)21(19,20)14-7-1-2-9-3-4-9/h5-6,8-9,14-15H,1-4,7,13H2. The molecule has 0 aromatic heterocycles. The number of nitrogens with zero attached hydrogens (tertiary/aromatic N) is 1. The van der Waals surface area contributed by atoms with Gasteiger partial charge in [-0.3, -0.25) is 16.0 Å². The number of nitro groups is 1. The number of nitrogen functional groups attached to an aromatic ring is 1. The smallest absolute Gasteiger partial charge is 0.293 e. The fraction of sp³-hybridized carbons (Fsp3) is 0.500. The Morgan fingerprint density at radius 1 is 1.38 bits per heavy atom. The van der Waals surface area contributed by atoms with Crippen molar-refractivity contribution in [3.63, 3.8) is 0 Å². The summed E-state index contributed by atoms with van der Waals surface area (Å²) in [6.45, 7) is 0.362. The van der Waals surface area contributed by atoms with Crippen molar-refractivity contribution >= 4 is 21.4 Å². The Kier molecular flexibility index (Phi) is 4.76. The molecule has 1 aliphatic rings. The maximum atomic E-state index is 12.1. The molecule has 0 aliphatic heterocycles. The van der Waals surface area contributed by atoms with Crippen molar-refractivity contribution in [2.24, 2.45) is 11.8 Å². The van der Waals surface area contributed by atoms with E-state index in [1.807, 2.05) is 0 Å². The van der Waals surface area contributed by atoms with Gasteiger partial charge in [-0.05, 0) is 30.9 Å². The van der Waals surface area contributed by atoms with Crippen LogP contribution in [0.1, 0.15) is 25.7 Å². The van der Waals surface area contributed by atoms with E-state index in [9.17, 15) is 18.5 Å². The van der Waals surface area contributed by atoms with Gasteiger partial charge >= 0.3 is 0 Å². The molecule has 1 aliphatic carbocycles. The first-order valence-corrected chi connectivity index (χ1v) is 8.17. The fourth-order valence-corrected chi connectivity index (χ4v) is 3.14. The molecule has 1 aromatic carbocycles. The van der Waals surface area contributed by atoms with Crippen LogP contribution in [0.2, 0.25) is 0 Å². The van der Waals surface area contributed by atoms with Crippen molar-refractivity contribution in [3.05, 3.63) is 28.3 Å². The van der Waals surface area contributed by atoms with Crippen LogP contribution in [0.15, 0.2) is 23.1 Å². The van der Waals surface area contributed by atoms with Crippen LogP contribution in [0.4, 0.5) is 11.4 Å². The number of anilines is 1. The molecular formula is C12H18N4O4S. The first-order valence-electron chi connectivity index (χ1n) is 6.69. The summed E-state index contributed by atoms with van der Waals surface area (Å²) in [6, 6.07) is 3.47. The highest BCUT2D eigenvalue weighted by atomic mass is 32.2. The number of hydrogen-bond donors (Lipinski definition) is 3. The number of benzene rings is 1. The van der Waals surface area contributed by atoms with Crippen molar-refractivity contribution in [2.75, 3.05) is 12.0 Å². The minimum atomic E-state index is -3.68. The van der Waals surface area contributed by atoms with Crippen LogP contribution < -0.4 is 16.0 Å². The van der Waals surface area contributed by atoms with Gasteiger partial charge in [0.2, 0.25) is 10.0 Å². The summed E-state index contributed by atoms with van der Waals surface area (Å²) in [5.41, 5.74) is 1.83. The number of hydrogen-bond acceptors (Lipinski definition) is 6. The average molecular weight is 314 g/mol. The van der Waals surface area contributed by atoms with Gasteiger partial charge in [-0.2, -0.15) is 0 Å². The van der Waals surface area contributed by atoms with Crippen molar-refractivity contribution < 1.29 is 13.3 Å². The average Bonchev–Trinajstić information content (AvgIpc) is 3.27. The molecule has 0 atom stereocenters. The van der Waals surface area contributed by atoms with Gasteiger partial charge in [0.1, 0.15) is 5.69 Å². The SMILES string of the molecule is NNc1cc(S(=O)(=O)NCCCC2CC2)ccc1[N+](=O)[O-]. The largest absolute Gasteiger partial charge is 0.318 e. The lowest BCUT2D eigenvalue weighted by atomic mass is 10.2. The molecule has 0 amide bonds. The molecule has 21 heavy (non-hydrogen) atoms. The lowest BCUT2D eigenvalue weighted by Crippen LogP contribution is -2.25. The predicted molar refractivity (Wildman–Crippen MR) is 78.1 cm³/mol. The van der Waals surface area contributed by atoms with Gasteiger partial charge in [-0.25, -0.2) is 13.1 Å². The van der Waals surface area contributed by atoms with E-state index in [4.69, 9.17) is 5.84 Å². The van der Waals surface area contributed by atoms with Gasteiger partial charge in [-0.15, -0.1) is 0 Å². The van der Waals surface area contributed by atoms with Crippen LogP contribution >= 0.6 is 0 Å². The summed E-state index contributed by atoms with van der Waals surface area (Å²) in [5.74, 6) is 5.94. The maximum Gasteiger partial charge on any atom is 0.293 e. The first-order chi connectivity index (χ1) is 9.94. The lowest BCUT2D eigenvalue weighted by Gasteiger charge is -2.08. The van der Waals surface area contributed by atoms with Gasteiger partial charge < -0.3 is 5.43 Å². The number of hydrazine groups is 1. The Balaban J connectivity index is 2.05. The van der Waals surface area contributed by atoms with E-state index in [0.29, 0.717) is 6.54 Å². The van der Waals surface area contributed by atoms with Crippen molar-refractivity contribution in [3.8, 4) is 0 Å². The van der Waals surface area contributed by atoms with E-state index >= 15 is 0 Å².